The summed E-state index contributed by atoms with van der Waals surface area (Å²) in [5.41, 5.74) is 4.88. The zero-order valence-electron chi connectivity index (χ0n) is 25.5. The Morgan fingerprint density at radius 2 is 1.73 bits per heavy atom. The lowest BCUT2D eigenvalue weighted by Crippen LogP contribution is -2.45. The maximum atomic E-state index is 13.6. The van der Waals surface area contributed by atoms with Crippen molar-refractivity contribution in [3.8, 4) is 17.4 Å². The largest absolute Gasteiger partial charge is 0.460 e. The van der Waals surface area contributed by atoms with Gasteiger partial charge < -0.3 is 24.7 Å². The Kier molecular flexibility index (Phi) is 10.7. The van der Waals surface area contributed by atoms with Gasteiger partial charge in [0, 0.05) is 37.2 Å². The summed E-state index contributed by atoms with van der Waals surface area (Å²) in [6.07, 6.45) is 0.541. The molecule has 0 radical (unpaired) electrons. The Bertz CT molecular complexity index is 1650. The van der Waals surface area contributed by atoms with Gasteiger partial charge in [-0.25, -0.2) is 0 Å². The zero-order valence-corrected chi connectivity index (χ0v) is 26.3. The number of benzene rings is 3. The van der Waals surface area contributed by atoms with Gasteiger partial charge in [0.05, 0.1) is 42.0 Å². The molecule has 5 rings (SSSR count). The van der Waals surface area contributed by atoms with Crippen LogP contribution in [-0.4, -0.2) is 49.1 Å². The molecule has 0 spiro atoms. The van der Waals surface area contributed by atoms with Gasteiger partial charge in [-0.15, -0.1) is 0 Å². The third-order valence-corrected chi connectivity index (χ3v) is 8.33. The number of furan rings is 1. The highest BCUT2D eigenvalue weighted by atomic mass is 35.5. The molecule has 0 bridgehead atoms. The molecular weight excluding hydrogens is 588 g/mol. The molecule has 1 aliphatic heterocycles. The van der Waals surface area contributed by atoms with Crippen LogP contribution in [0.25, 0.3) is 11.3 Å². The third-order valence-electron chi connectivity index (χ3n) is 8.00. The summed E-state index contributed by atoms with van der Waals surface area (Å²) >= 11 is 6.52. The van der Waals surface area contributed by atoms with Gasteiger partial charge in [-0.2, -0.15) is 5.26 Å². The van der Waals surface area contributed by atoms with E-state index in [4.69, 9.17) is 26.0 Å². The molecule has 4 aromatic rings. The van der Waals surface area contributed by atoms with E-state index in [0.717, 1.165) is 16.9 Å². The number of ether oxygens (including phenoxy) is 1. The number of nitrogens with zero attached hydrogens (tertiary/aromatic N) is 2. The minimum atomic E-state index is -0.489. The zero-order chi connectivity index (χ0) is 31.8. The number of morpholine rings is 1. The van der Waals surface area contributed by atoms with Gasteiger partial charge in [-0.3, -0.25) is 9.59 Å². The van der Waals surface area contributed by atoms with E-state index in [2.05, 4.69) is 54.8 Å². The van der Waals surface area contributed by atoms with Crippen LogP contribution < -0.4 is 10.6 Å². The second-order valence-corrected chi connectivity index (χ2v) is 11.8. The van der Waals surface area contributed by atoms with Crippen molar-refractivity contribution in [2.45, 2.75) is 45.3 Å². The molecule has 1 aliphatic rings. The van der Waals surface area contributed by atoms with Crippen molar-refractivity contribution in [2.24, 2.45) is 0 Å². The monoisotopic (exact) mass is 624 g/mol. The molecule has 1 unspecified atom stereocenters. The average Bonchev–Trinajstić information content (AvgIpc) is 3.54. The van der Waals surface area contributed by atoms with Crippen molar-refractivity contribution >= 4 is 23.4 Å². The lowest BCUT2D eigenvalue weighted by atomic mass is 10.0. The van der Waals surface area contributed by atoms with Gasteiger partial charge in [0.15, 0.2) is 0 Å². The lowest BCUT2D eigenvalue weighted by molar-refractivity contribution is -0.135. The highest BCUT2D eigenvalue weighted by Crippen LogP contribution is 2.28. The Balaban J connectivity index is 1.28. The first kappa shape index (κ1) is 32.0. The van der Waals surface area contributed by atoms with E-state index in [1.165, 1.54) is 11.1 Å². The molecule has 0 aliphatic carbocycles. The van der Waals surface area contributed by atoms with E-state index < -0.39 is 6.04 Å². The van der Waals surface area contributed by atoms with Crippen LogP contribution in [0.15, 0.2) is 83.3 Å². The minimum absolute atomic E-state index is 0.0505. The van der Waals surface area contributed by atoms with Crippen molar-refractivity contribution in [3.63, 3.8) is 0 Å². The molecular formula is C36H37ClN4O4. The predicted molar refractivity (Wildman–Crippen MR) is 174 cm³/mol. The van der Waals surface area contributed by atoms with Gasteiger partial charge in [-0.1, -0.05) is 53.6 Å². The van der Waals surface area contributed by atoms with Crippen molar-refractivity contribution in [2.75, 3.05) is 26.3 Å². The van der Waals surface area contributed by atoms with Crippen molar-refractivity contribution in [1.29, 1.82) is 5.26 Å². The summed E-state index contributed by atoms with van der Waals surface area (Å²) in [5.74, 6) is 0.965. The van der Waals surface area contributed by atoms with E-state index in [9.17, 15) is 9.59 Å². The number of aryl methyl sites for hydroxylation is 1. The highest BCUT2D eigenvalue weighted by Gasteiger charge is 2.24. The number of carbonyl (C=O) groups is 2. The first-order chi connectivity index (χ1) is 21.8. The summed E-state index contributed by atoms with van der Waals surface area (Å²) in [6.45, 7) is 6.77. The van der Waals surface area contributed by atoms with Gasteiger partial charge in [0.25, 0.3) is 5.91 Å². The summed E-state index contributed by atoms with van der Waals surface area (Å²) < 4.78 is 11.5. The van der Waals surface area contributed by atoms with E-state index in [1.54, 1.807) is 29.2 Å². The molecule has 2 heterocycles. The van der Waals surface area contributed by atoms with Crippen molar-refractivity contribution in [3.05, 3.63) is 117 Å². The fraction of sp³-hybridized carbons (Fsp3) is 0.306. The third kappa shape index (κ3) is 8.61. The van der Waals surface area contributed by atoms with Gasteiger partial charge >= 0.3 is 0 Å². The molecule has 1 aromatic heterocycles. The smallest absolute Gasteiger partial charge is 0.253 e. The van der Waals surface area contributed by atoms with Gasteiger partial charge in [0.2, 0.25) is 5.91 Å². The topological polar surface area (TPSA) is 108 Å². The number of hydrogen-bond donors (Lipinski definition) is 2. The molecule has 45 heavy (non-hydrogen) atoms. The maximum Gasteiger partial charge on any atom is 0.253 e. The second-order valence-electron chi connectivity index (χ2n) is 11.4. The second kappa shape index (κ2) is 15.0. The summed E-state index contributed by atoms with van der Waals surface area (Å²) in [7, 11) is 0. The summed E-state index contributed by atoms with van der Waals surface area (Å²) in [6, 6.07) is 26.4. The molecule has 2 amide bonds. The molecule has 2 N–H and O–H groups in total. The first-order valence-electron chi connectivity index (χ1n) is 15.1. The molecule has 2 atom stereocenters. The number of rotatable bonds is 11. The normalized spacial score (nSPS) is 14.4. The lowest BCUT2D eigenvalue weighted by Gasteiger charge is -2.29. The molecule has 9 heteroatoms. The number of hydrogen-bond acceptors (Lipinski definition) is 6. The fourth-order valence-corrected chi connectivity index (χ4v) is 5.50. The number of halogens is 1. The standard InChI is InChI=1S/C36H37ClN4O4/c1-24-3-9-28(10-4-24)25(2)39-23-31-12-14-34(45-31)29-11-13-33(37)32(20-29)36(43)40-30(19-26-5-7-27(22-38)8-6-26)21-35(42)41-15-17-44-18-16-41/h3-14,20,25,30,39H,15-19,21,23H2,1-2H3,(H,40,43)/t25?,30-/m1/s1. The van der Waals surface area contributed by atoms with Crippen LogP contribution in [0.2, 0.25) is 5.02 Å². The minimum Gasteiger partial charge on any atom is -0.460 e. The number of nitriles is 1. The maximum absolute atomic E-state index is 13.6. The average molecular weight is 625 g/mol. The Hall–Kier alpha value is -4.42. The Morgan fingerprint density at radius 3 is 2.44 bits per heavy atom. The Labute approximate surface area is 268 Å². The van der Waals surface area contributed by atoms with Crippen LogP contribution >= 0.6 is 11.6 Å². The van der Waals surface area contributed by atoms with Crippen LogP contribution in [0.1, 0.15) is 57.8 Å². The SMILES string of the molecule is Cc1ccc(C(C)NCc2ccc(-c3ccc(Cl)c(C(=O)N[C@@H](CC(=O)N4CCOCC4)Cc4ccc(C#N)cc4)c3)o2)cc1. The number of carbonyl (C=O) groups excluding carboxylic acids is 2. The van der Waals surface area contributed by atoms with Crippen molar-refractivity contribution in [1.82, 2.24) is 15.5 Å². The van der Waals surface area contributed by atoms with Crippen LogP contribution in [-0.2, 0) is 22.5 Å². The first-order valence-corrected chi connectivity index (χ1v) is 15.5. The fourth-order valence-electron chi connectivity index (χ4n) is 5.30. The van der Waals surface area contributed by atoms with Crippen LogP contribution in [0.4, 0.5) is 0 Å². The van der Waals surface area contributed by atoms with Crippen molar-refractivity contribution < 1.29 is 18.7 Å². The molecule has 232 valence electrons. The highest BCUT2D eigenvalue weighted by molar-refractivity contribution is 6.34. The Morgan fingerprint density at radius 1 is 1.00 bits per heavy atom. The van der Waals surface area contributed by atoms with E-state index in [0.29, 0.717) is 61.2 Å². The van der Waals surface area contributed by atoms with Crippen LogP contribution in [0, 0.1) is 18.3 Å². The molecule has 0 saturated carbocycles. The molecule has 1 fully saturated rings. The van der Waals surface area contributed by atoms with Gasteiger partial charge in [-0.05, 0) is 73.9 Å². The summed E-state index contributed by atoms with van der Waals surface area (Å²) in [4.78, 5) is 28.5. The molecule has 8 nitrogen and oxygen atoms in total. The van der Waals surface area contributed by atoms with E-state index in [-0.39, 0.29) is 24.3 Å². The number of nitrogens with one attached hydrogen (secondary N) is 2. The van der Waals surface area contributed by atoms with Crippen LogP contribution in [0.5, 0.6) is 0 Å². The van der Waals surface area contributed by atoms with E-state index >= 15 is 0 Å². The van der Waals surface area contributed by atoms with E-state index in [1.807, 2.05) is 30.3 Å². The summed E-state index contributed by atoms with van der Waals surface area (Å²) in [5, 5.41) is 16.0. The van der Waals surface area contributed by atoms with Gasteiger partial charge in [0.1, 0.15) is 11.5 Å². The predicted octanol–water partition coefficient (Wildman–Crippen LogP) is 6.22. The number of amides is 2. The van der Waals surface area contributed by atoms with Crippen LogP contribution in [0.3, 0.4) is 0 Å². The molecule has 1 saturated heterocycles. The molecule has 3 aromatic carbocycles. The quantitative estimate of drug-likeness (QED) is 0.205.